The first-order valence-corrected chi connectivity index (χ1v) is 15.4. The van der Waals surface area contributed by atoms with Gasteiger partial charge < -0.3 is 4.74 Å². The fraction of sp³-hybridized carbons (Fsp3) is 0.556. The summed E-state index contributed by atoms with van der Waals surface area (Å²) in [5, 5.41) is 2.99. The molecule has 2 aromatic carbocycles. The number of para-hydroxylation sites is 2. The first-order chi connectivity index (χ1) is 14.5. The molecule has 2 aromatic rings. The van der Waals surface area contributed by atoms with Gasteiger partial charge in [0.2, 0.25) is 0 Å². The number of hydrogen-bond acceptors (Lipinski definition) is 1. The summed E-state index contributed by atoms with van der Waals surface area (Å²) >= 11 is 0. The topological polar surface area (TPSA) is 9.23 Å². The molecule has 0 N–H and O–H groups in total. The van der Waals surface area contributed by atoms with Gasteiger partial charge in [-0.15, -0.1) is 0 Å². The Balaban J connectivity index is 2.15. The first-order valence-electron chi connectivity index (χ1n) is 11.9. The highest BCUT2D eigenvalue weighted by molar-refractivity contribution is 7.66. The molecule has 0 unspecified atom stereocenters. The monoisotopic (exact) mass is 442 g/mol. The zero-order valence-corrected chi connectivity index (χ0v) is 21.7. The Hall–Kier alpha value is -0.900. The van der Waals surface area contributed by atoms with E-state index in [9.17, 15) is 0 Å². The SMILES string of the molecule is CCCP(CCC)c1cccc2c1Oc1c(P(CCC)CCC)cccc1C2(C)C. The second kappa shape index (κ2) is 10.6. The predicted octanol–water partition coefficient (Wildman–Crippen LogP) is 7.97. The van der Waals surface area contributed by atoms with Crippen molar-refractivity contribution in [2.45, 2.75) is 72.6 Å². The van der Waals surface area contributed by atoms with Crippen molar-refractivity contribution in [3.8, 4) is 11.5 Å². The normalized spacial score (nSPS) is 14.5. The summed E-state index contributed by atoms with van der Waals surface area (Å²) in [5.41, 5.74) is 2.73. The molecule has 0 aliphatic carbocycles. The van der Waals surface area contributed by atoms with Crippen molar-refractivity contribution in [2.75, 3.05) is 24.6 Å². The molecule has 0 atom stereocenters. The van der Waals surface area contributed by atoms with Gasteiger partial charge in [0.15, 0.2) is 0 Å². The summed E-state index contributed by atoms with van der Waals surface area (Å²) in [4.78, 5) is 0. The van der Waals surface area contributed by atoms with Crippen LogP contribution in [0.4, 0.5) is 0 Å². The molecule has 1 nitrogen and oxygen atoms in total. The van der Waals surface area contributed by atoms with E-state index >= 15 is 0 Å². The summed E-state index contributed by atoms with van der Waals surface area (Å²) < 4.78 is 6.96. The first kappa shape index (κ1) is 23.8. The largest absolute Gasteiger partial charge is 0.455 e. The van der Waals surface area contributed by atoms with E-state index in [-0.39, 0.29) is 21.3 Å². The molecular weight excluding hydrogens is 402 g/mol. The van der Waals surface area contributed by atoms with Crippen LogP contribution in [0.3, 0.4) is 0 Å². The Morgan fingerprint density at radius 2 is 1.00 bits per heavy atom. The molecule has 30 heavy (non-hydrogen) atoms. The zero-order chi connectivity index (χ0) is 21.7. The molecule has 1 aliphatic heterocycles. The molecule has 0 saturated carbocycles. The van der Waals surface area contributed by atoms with Crippen LogP contribution in [0.5, 0.6) is 11.5 Å². The second-order valence-corrected chi connectivity index (χ2v) is 13.9. The summed E-state index contributed by atoms with van der Waals surface area (Å²) in [7, 11) is -0.319. The summed E-state index contributed by atoms with van der Waals surface area (Å²) in [6.45, 7) is 14.1. The Morgan fingerprint density at radius 3 is 1.33 bits per heavy atom. The van der Waals surface area contributed by atoms with E-state index in [1.165, 1.54) is 83.6 Å². The minimum absolute atomic E-state index is 0.0200. The van der Waals surface area contributed by atoms with Gasteiger partial charge in [-0.2, -0.15) is 0 Å². The third kappa shape index (κ3) is 4.64. The number of fused-ring (bicyclic) bond motifs is 2. The van der Waals surface area contributed by atoms with E-state index in [1.54, 1.807) is 0 Å². The molecule has 0 radical (unpaired) electrons. The van der Waals surface area contributed by atoms with Crippen LogP contribution >= 0.6 is 15.8 Å². The number of benzene rings is 2. The summed E-state index contributed by atoms with van der Waals surface area (Å²) in [6, 6.07) is 13.9. The minimum Gasteiger partial charge on any atom is -0.455 e. The van der Waals surface area contributed by atoms with Gasteiger partial charge in [-0.3, -0.25) is 0 Å². The van der Waals surface area contributed by atoms with Crippen LogP contribution in [0.1, 0.15) is 78.4 Å². The van der Waals surface area contributed by atoms with Gasteiger partial charge >= 0.3 is 0 Å². The van der Waals surface area contributed by atoms with Gasteiger partial charge in [-0.1, -0.05) is 119 Å². The molecule has 3 rings (SSSR count). The van der Waals surface area contributed by atoms with Gasteiger partial charge in [-0.05, 0) is 24.6 Å². The molecule has 0 saturated heterocycles. The molecule has 0 aromatic heterocycles. The molecule has 0 fully saturated rings. The lowest BCUT2D eigenvalue weighted by Crippen LogP contribution is -2.30. The van der Waals surface area contributed by atoms with Crippen molar-refractivity contribution in [3.63, 3.8) is 0 Å². The van der Waals surface area contributed by atoms with Gasteiger partial charge in [0.25, 0.3) is 0 Å². The average Bonchev–Trinajstić information content (AvgIpc) is 2.73. The molecule has 0 spiro atoms. The van der Waals surface area contributed by atoms with E-state index in [1.807, 2.05) is 0 Å². The molecule has 0 amide bonds. The van der Waals surface area contributed by atoms with E-state index in [0.29, 0.717) is 0 Å². The predicted molar refractivity (Wildman–Crippen MR) is 139 cm³/mol. The Morgan fingerprint density at radius 1 is 0.633 bits per heavy atom. The summed E-state index contributed by atoms with van der Waals surface area (Å²) in [5.74, 6) is 2.39. The van der Waals surface area contributed by atoms with Crippen molar-refractivity contribution >= 4 is 26.5 Å². The lowest BCUT2D eigenvalue weighted by Gasteiger charge is -2.38. The lowest BCUT2D eigenvalue weighted by molar-refractivity contribution is 0.424. The zero-order valence-electron chi connectivity index (χ0n) is 19.9. The smallest absolute Gasteiger partial charge is 0.139 e. The molecule has 1 aliphatic rings. The number of hydrogen-bond donors (Lipinski definition) is 0. The van der Waals surface area contributed by atoms with Crippen molar-refractivity contribution in [1.82, 2.24) is 0 Å². The molecule has 164 valence electrons. The van der Waals surface area contributed by atoms with Crippen LogP contribution in [-0.4, -0.2) is 24.6 Å². The minimum atomic E-state index is -0.159. The maximum absolute atomic E-state index is 6.96. The third-order valence-corrected chi connectivity index (χ3v) is 12.2. The highest BCUT2D eigenvalue weighted by Crippen LogP contribution is 2.52. The molecule has 3 heteroatoms. The van der Waals surface area contributed by atoms with Crippen LogP contribution in [0.15, 0.2) is 36.4 Å². The van der Waals surface area contributed by atoms with Crippen molar-refractivity contribution in [1.29, 1.82) is 0 Å². The number of ether oxygens (including phenoxy) is 1. The fourth-order valence-electron chi connectivity index (χ4n) is 4.78. The molecule has 0 bridgehead atoms. The van der Waals surface area contributed by atoms with Gasteiger partial charge in [0.05, 0.1) is 0 Å². The average molecular weight is 443 g/mol. The van der Waals surface area contributed by atoms with E-state index < -0.39 is 0 Å². The van der Waals surface area contributed by atoms with Crippen LogP contribution < -0.4 is 15.3 Å². The number of rotatable bonds is 10. The third-order valence-electron chi connectivity index (χ3n) is 6.19. The highest BCUT2D eigenvalue weighted by atomic mass is 31.1. The van der Waals surface area contributed by atoms with E-state index in [0.717, 1.165) is 0 Å². The van der Waals surface area contributed by atoms with Crippen LogP contribution in [0, 0.1) is 0 Å². The van der Waals surface area contributed by atoms with E-state index in [4.69, 9.17) is 4.74 Å². The molecular formula is C27H40OP2. The quantitative estimate of drug-likeness (QED) is 0.339. The second-order valence-electron chi connectivity index (χ2n) is 9.01. The van der Waals surface area contributed by atoms with Gasteiger partial charge in [0, 0.05) is 27.2 Å². The van der Waals surface area contributed by atoms with Crippen LogP contribution in [-0.2, 0) is 5.41 Å². The standard InChI is InChI=1S/C27H40OP2/c1-7-17-29(18-8-2)23-15-11-13-21-25(23)28-26-22(27(21,5)6)14-12-16-24(26)30(19-9-3)20-10-4/h11-16H,7-10,17-20H2,1-6H3. The van der Waals surface area contributed by atoms with Gasteiger partial charge in [0.1, 0.15) is 11.5 Å². The Kier molecular flexibility index (Phi) is 8.40. The van der Waals surface area contributed by atoms with Crippen molar-refractivity contribution in [3.05, 3.63) is 47.5 Å². The summed E-state index contributed by atoms with van der Waals surface area (Å²) in [6.07, 6.45) is 10.2. The van der Waals surface area contributed by atoms with Crippen LogP contribution in [0.25, 0.3) is 0 Å². The molecule has 1 heterocycles. The maximum atomic E-state index is 6.96. The highest BCUT2D eigenvalue weighted by Gasteiger charge is 2.38. The van der Waals surface area contributed by atoms with E-state index in [2.05, 4.69) is 77.9 Å². The van der Waals surface area contributed by atoms with Gasteiger partial charge in [-0.25, -0.2) is 0 Å². The fourth-order valence-corrected chi connectivity index (χ4v) is 9.85. The van der Waals surface area contributed by atoms with Crippen LogP contribution in [0.2, 0.25) is 0 Å². The Bertz CT molecular complexity index is 763. The lowest BCUT2D eigenvalue weighted by atomic mass is 9.76. The van der Waals surface area contributed by atoms with Crippen molar-refractivity contribution < 1.29 is 4.74 Å². The Labute approximate surface area is 187 Å². The van der Waals surface area contributed by atoms with Crippen molar-refractivity contribution in [2.24, 2.45) is 0 Å². The maximum Gasteiger partial charge on any atom is 0.139 e.